The standard InChI is InChI=1S/C25H17ClO7/c1-13(27)20-17(11-12-18(28)23(20)31-2)25(30)33-24-21(29)16-5-3-4-6-19(16)32-22(24)14-7-9-15(26)10-8-14/h3-12,28H,1-2H3. The molecule has 1 aromatic heterocycles. The van der Waals surface area contributed by atoms with E-state index < -0.39 is 17.2 Å². The van der Waals surface area contributed by atoms with E-state index in [0.29, 0.717) is 16.2 Å². The van der Waals surface area contributed by atoms with E-state index in [9.17, 15) is 19.5 Å². The lowest BCUT2D eigenvalue weighted by Gasteiger charge is -2.14. The molecule has 0 saturated carbocycles. The third-order valence-electron chi connectivity index (χ3n) is 4.97. The van der Waals surface area contributed by atoms with E-state index >= 15 is 0 Å². The third-order valence-corrected chi connectivity index (χ3v) is 5.22. The molecule has 0 aliphatic rings. The third kappa shape index (κ3) is 4.06. The number of hydrogen-bond donors (Lipinski definition) is 1. The molecule has 0 atom stereocenters. The summed E-state index contributed by atoms with van der Waals surface area (Å²) in [5, 5.41) is 10.7. The lowest BCUT2D eigenvalue weighted by atomic mass is 10.0. The molecule has 0 spiro atoms. The van der Waals surface area contributed by atoms with Crippen LogP contribution in [0.25, 0.3) is 22.3 Å². The highest BCUT2D eigenvalue weighted by atomic mass is 35.5. The lowest BCUT2D eigenvalue weighted by Crippen LogP contribution is -2.19. The van der Waals surface area contributed by atoms with E-state index in [1.165, 1.54) is 26.2 Å². The summed E-state index contributed by atoms with van der Waals surface area (Å²) in [4.78, 5) is 38.6. The van der Waals surface area contributed by atoms with Gasteiger partial charge >= 0.3 is 5.97 Å². The minimum atomic E-state index is -0.990. The van der Waals surface area contributed by atoms with Gasteiger partial charge in [-0.2, -0.15) is 0 Å². The minimum absolute atomic E-state index is 0.0267. The summed E-state index contributed by atoms with van der Waals surface area (Å²) in [6, 6.07) is 15.4. The van der Waals surface area contributed by atoms with Gasteiger partial charge in [0.1, 0.15) is 5.58 Å². The molecule has 1 heterocycles. The average Bonchev–Trinajstić information content (AvgIpc) is 2.81. The molecule has 0 radical (unpaired) electrons. The van der Waals surface area contributed by atoms with Crippen LogP contribution in [0.2, 0.25) is 5.02 Å². The van der Waals surface area contributed by atoms with Crippen molar-refractivity contribution in [2.24, 2.45) is 0 Å². The zero-order valence-corrected chi connectivity index (χ0v) is 18.3. The molecular weight excluding hydrogens is 448 g/mol. The first-order valence-electron chi connectivity index (χ1n) is 9.76. The van der Waals surface area contributed by atoms with Crippen LogP contribution in [-0.4, -0.2) is 24.0 Å². The topological polar surface area (TPSA) is 103 Å². The first-order valence-corrected chi connectivity index (χ1v) is 10.1. The predicted octanol–water partition coefficient (Wildman–Crippen LogP) is 5.25. The van der Waals surface area contributed by atoms with Crippen LogP contribution in [0.15, 0.2) is 69.9 Å². The fraction of sp³-hybridized carbons (Fsp3) is 0.0800. The van der Waals surface area contributed by atoms with Crippen molar-refractivity contribution in [3.05, 3.63) is 87.0 Å². The number of Topliss-reactive ketones (excluding diaryl/α,β-unsaturated/α-hetero) is 1. The van der Waals surface area contributed by atoms with E-state index in [2.05, 4.69) is 0 Å². The summed E-state index contributed by atoms with van der Waals surface area (Å²) >= 11 is 5.98. The monoisotopic (exact) mass is 464 g/mol. The summed E-state index contributed by atoms with van der Waals surface area (Å²) in [7, 11) is 1.26. The Kier molecular flexibility index (Phi) is 5.89. The van der Waals surface area contributed by atoms with Crippen molar-refractivity contribution in [1.29, 1.82) is 0 Å². The Labute approximate surface area is 192 Å². The van der Waals surface area contributed by atoms with Gasteiger partial charge in [0, 0.05) is 10.6 Å². The number of rotatable bonds is 5. The van der Waals surface area contributed by atoms with Gasteiger partial charge in [-0.25, -0.2) is 4.79 Å². The number of esters is 1. The van der Waals surface area contributed by atoms with E-state index in [0.717, 1.165) is 0 Å². The minimum Gasteiger partial charge on any atom is -0.504 e. The van der Waals surface area contributed by atoms with Crippen molar-refractivity contribution in [1.82, 2.24) is 0 Å². The summed E-state index contributed by atoms with van der Waals surface area (Å²) < 4.78 is 16.5. The van der Waals surface area contributed by atoms with Gasteiger partial charge in [0.25, 0.3) is 0 Å². The molecule has 1 N–H and O–H groups in total. The number of hydrogen-bond acceptors (Lipinski definition) is 7. The average molecular weight is 465 g/mol. The molecule has 0 bridgehead atoms. The van der Waals surface area contributed by atoms with Crippen LogP contribution in [0.5, 0.6) is 17.2 Å². The van der Waals surface area contributed by atoms with Gasteiger partial charge in [-0.05, 0) is 55.5 Å². The van der Waals surface area contributed by atoms with E-state index in [-0.39, 0.29) is 39.5 Å². The highest BCUT2D eigenvalue weighted by molar-refractivity contribution is 6.30. The number of aromatic hydroxyl groups is 1. The number of phenols is 1. The lowest BCUT2D eigenvalue weighted by molar-refractivity contribution is 0.0726. The maximum atomic E-state index is 13.3. The Hall–Kier alpha value is -4.10. The van der Waals surface area contributed by atoms with E-state index in [4.69, 9.17) is 25.5 Å². The molecule has 0 saturated heterocycles. The molecule has 33 heavy (non-hydrogen) atoms. The van der Waals surface area contributed by atoms with Crippen LogP contribution >= 0.6 is 11.6 Å². The van der Waals surface area contributed by atoms with Gasteiger partial charge in [0.15, 0.2) is 23.0 Å². The van der Waals surface area contributed by atoms with Gasteiger partial charge in [0.05, 0.1) is 23.6 Å². The van der Waals surface area contributed by atoms with E-state index in [1.807, 2.05) is 0 Å². The van der Waals surface area contributed by atoms with Crippen molar-refractivity contribution in [3.63, 3.8) is 0 Å². The SMILES string of the molecule is COc1c(O)ccc(C(=O)Oc2c(-c3ccc(Cl)cc3)oc3ccccc3c2=O)c1C(C)=O. The summed E-state index contributed by atoms with van der Waals surface area (Å²) in [6.45, 7) is 1.22. The molecule has 0 fully saturated rings. The van der Waals surface area contributed by atoms with Crippen molar-refractivity contribution in [2.75, 3.05) is 7.11 Å². The molecular formula is C25H17ClO7. The molecule has 4 rings (SSSR count). The van der Waals surface area contributed by atoms with Crippen LogP contribution in [-0.2, 0) is 0 Å². The Morgan fingerprint density at radius 1 is 0.970 bits per heavy atom. The van der Waals surface area contributed by atoms with Gasteiger partial charge in [0.2, 0.25) is 11.2 Å². The molecule has 166 valence electrons. The highest BCUT2D eigenvalue weighted by Gasteiger charge is 2.26. The number of benzene rings is 3. The number of methoxy groups -OCH3 is 1. The molecule has 0 amide bonds. The maximum Gasteiger partial charge on any atom is 0.344 e. The van der Waals surface area contributed by atoms with Gasteiger partial charge < -0.3 is 19.0 Å². The number of carbonyl (C=O) groups excluding carboxylic acids is 2. The Balaban J connectivity index is 1.91. The molecule has 0 unspecified atom stereocenters. The quantitative estimate of drug-likeness (QED) is 0.318. The summed E-state index contributed by atoms with van der Waals surface area (Å²) in [5.74, 6) is -2.32. The smallest absolute Gasteiger partial charge is 0.344 e. The van der Waals surface area contributed by atoms with Crippen molar-refractivity contribution >= 4 is 34.3 Å². The number of ether oxygens (including phenoxy) is 2. The van der Waals surface area contributed by atoms with Crippen molar-refractivity contribution in [3.8, 4) is 28.6 Å². The summed E-state index contributed by atoms with van der Waals surface area (Å²) in [6.07, 6.45) is 0. The van der Waals surface area contributed by atoms with Gasteiger partial charge in [-0.3, -0.25) is 9.59 Å². The fourth-order valence-corrected chi connectivity index (χ4v) is 3.58. The Morgan fingerprint density at radius 3 is 2.33 bits per heavy atom. The second-order valence-corrected chi connectivity index (χ2v) is 7.52. The van der Waals surface area contributed by atoms with Crippen LogP contribution in [0.1, 0.15) is 27.6 Å². The molecule has 0 aliphatic heterocycles. The number of phenolic OH excluding ortho intramolecular Hbond substituents is 1. The first kappa shape index (κ1) is 22.1. The predicted molar refractivity (Wildman–Crippen MR) is 123 cm³/mol. The van der Waals surface area contributed by atoms with Crippen LogP contribution < -0.4 is 14.9 Å². The van der Waals surface area contributed by atoms with Gasteiger partial charge in [-0.15, -0.1) is 0 Å². The van der Waals surface area contributed by atoms with Crippen LogP contribution in [0.3, 0.4) is 0 Å². The molecule has 0 aliphatic carbocycles. The first-order chi connectivity index (χ1) is 15.8. The second-order valence-electron chi connectivity index (χ2n) is 7.08. The van der Waals surface area contributed by atoms with Gasteiger partial charge in [-0.1, -0.05) is 23.7 Å². The molecule has 4 aromatic rings. The van der Waals surface area contributed by atoms with E-state index in [1.54, 1.807) is 48.5 Å². The van der Waals surface area contributed by atoms with Crippen molar-refractivity contribution in [2.45, 2.75) is 6.92 Å². The number of carbonyl (C=O) groups is 2. The second kappa shape index (κ2) is 8.80. The number of para-hydroxylation sites is 1. The molecule has 8 heteroatoms. The largest absolute Gasteiger partial charge is 0.504 e. The fourth-order valence-electron chi connectivity index (χ4n) is 3.45. The normalized spacial score (nSPS) is 10.8. The Morgan fingerprint density at radius 2 is 1.67 bits per heavy atom. The zero-order chi connectivity index (χ0) is 23.7. The zero-order valence-electron chi connectivity index (χ0n) is 17.5. The van der Waals surface area contributed by atoms with Crippen LogP contribution in [0, 0.1) is 0 Å². The maximum absolute atomic E-state index is 13.3. The summed E-state index contributed by atoms with van der Waals surface area (Å²) in [5.41, 5.74) is -0.138. The van der Waals surface area contributed by atoms with Crippen molar-refractivity contribution < 1.29 is 28.6 Å². The number of ketones is 1. The number of halogens is 1. The van der Waals surface area contributed by atoms with Crippen LogP contribution in [0.4, 0.5) is 0 Å². The molecule has 3 aromatic carbocycles. The number of fused-ring (bicyclic) bond motifs is 1. The highest BCUT2D eigenvalue weighted by Crippen LogP contribution is 2.35. The molecule has 7 nitrogen and oxygen atoms in total. The Bertz CT molecular complexity index is 1450.